The van der Waals surface area contributed by atoms with Crippen molar-refractivity contribution in [1.82, 2.24) is 9.80 Å². The van der Waals surface area contributed by atoms with Crippen LogP contribution in [0.3, 0.4) is 0 Å². The summed E-state index contributed by atoms with van der Waals surface area (Å²) in [5.41, 5.74) is 5.88. The third-order valence-corrected chi connectivity index (χ3v) is 7.35. The molecule has 0 aromatic heterocycles. The number of nitrogens with zero attached hydrogens (tertiary/aromatic N) is 2. The number of benzene rings is 2. The van der Waals surface area contributed by atoms with Gasteiger partial charge in [-0.05, 0) is 87.2 Å². The van der Waals surface area contributed by atoms with Crippen molar-refractivity contribution >= 4 is 34.5 Å². The molecule has 2 atom stereocenters. The first-order valence-electron chi connectivity index (χ1n) is 11.3. The Kier molecular flexibility index (Phi) is 7.28. The fourth-order valence-electron chi connectivity index (χ4n) is 4.85. The van der Waals surface area contributed by atoms with Gasteiger partial charge in [-0.2, -0.15) is 0 Å². The highest BCUT2D eigenvalue weighted by atomic mass is 35.5. The van der Waals surface area contributed by atoms with Crippen LogP contribution in [0, 0.1) is 6.92 Å². The summed E-state index contributed by atoms with van der Waals surface area (Å²) in [5, 5.41) is 5.10. The van der Waals surface area contributed by atoms with E-state index in [2.05, 4.69) is 66.4 Å². The molecule has 2 heterocycles. The SMILES string of the molecule is Cc1ccc(C(C)Nc2cc(C3=CCN(C4CCCN(C)C4)CC3)ccc2Cl)c(Cl)c1. The van der Waals surface area contributed by atoms with Gasteiger partial charge in [0.1, 0.15) is 0 Å². The number of anilines is 1. The van der Waals surface area contributed by atoms with Gasteiger partial charge in [-0.3, -0.25) is 4.90 Å². The third kappa shape index (κ3) is 5.46. The van der Waals surface area contributed by atoms with Crippen molar-refractivity contribution in [2.75, 3.05) is 38.5 Å². The van der Waals surface area contributed by atoms with Gasteiger partial charge in [0.2, 0.25) is 0 Å². The molecule has 0 bridgehead atoms. The molecule has 0 amide bonds. The molecule has 2 unspecified atom stereocenters. The van der Waals surface area contributed by atoms with E-state index in [4.69, 9.17) is 23.2 Å². The predicted molar refractivity (Wildman–Crippen MR) is 134 cm³/mol. The molecule has 1 saturated heterocycles. The van der Waals surface area contributed by atoms with Crippen molar-refractivity contribution in [3.05, 3.63) is 69.2 Å². The molecule has 1 fully saturated rings. The van der Waals surface area contributed by atoms with Crippen LogP contribution < -0.4 is 5.32 Å². The predicted octanol–water partition coefficient (Wildman–Crippen LogP) is 6.66. The summed E-state index contributed by atoms with van der Waals surface area (Å²) in [6, 6.07) is 13.3. The number of likely N-dealkylation sites (tertiary alicyclic amines) is 1. The second kappa shape index (κ2) is 9.95. The first-order chi connectivity index (χ1) is 14.9. The zero-order chi connectivity index (χ0) is 22.0. The minimum atomic E-state index is 0.0694. The third-order valence-electron chi connectivity index (χ3n) is 6.69. The maximum atomic E-state index is 6.54. The molecule has 5 heteroatoms. The van der Waals surface area contributed by atoms with Gasteiger partial charge >= 0.3 is 0 Å². The van der Waals surface area contributed by atoms with Crippen LogP contribution in [0.5, 0.6) is 0 Å². The molecular weight excluding hydrogens is 425 g/mol. The summed E-state index contributed by atoms with van der Waals surface area (Å²) in [7, 11) is 2.24. The van der Waals surface area contributed by atoms with E-state index in [0.29, 0.717) is 6.04 Å². The molecule has 0 aliphatic carbocycles. The van der Waals surface area contributed by atoms with E-state index in [1.165, 1.54) is 42.6 Å². The number of piperidine rings is 1. The van der Waals surface area contributed by atoms with Crippen molar-refractivity contribution < 1.29 is 0 Å². The van der Waals surface area contributed by atoms with E-state index in [1.54, 1.807) is 0 Å². The van der Waals surface area contributed by atoms with Crippen molar-refractivity contribution in [2.24, 2.45) is 0 Å². The number of nitrogens with one attached hydrogen (secondary N) is 1. The molecule has 2 aromatic rings. The van der Waals surface area contributed by atoms with Crippen LogP contribution >= 0.6 is 23.2 Å². The standard InChI is InChI=1S/C26H33Cl2N3/c1-18-6-8-23(25(28)15-18)19(2)29-26-16-21(7-9-24(26)27)20-10-13-31(14-11-20)22-5-4-12-30(3)17-22/h6-10,15-16,19,22,29H,4-5,11-14,17H2,1-3H3. The van der Waals surface area contributed by atoms with Gasteiger partial charge in [-0.1, -0.05) is 47.5 Å². The van der Waals surface area contributed by atoms with E-state index in [0.717, 1.165) is 40.8 Å². The molecule has 3 nitrogen and oxygen atoms in total. The molecule has 2 aromatic carbocycles. The van der Waals surface area contributed by atoms with E-state index >= 15 is 0 Å². The van der Waals surface area contributed by atoms with E-state index in [1.807, 2.05) is 12.1 Å². The van der Waals surface area contributed by atoms with Crippen LogP contribution in [-0.4, -0.2) is 49.1 Å². The normalized spacial score (nSPS) is 21.6. The molecule has 1 N–H and O–H groups in total. The van der Waals surface area contributed by atoms with Crippen LogP contribution in [0.25, 0.3) is 5.57 Å². The Labute approximate surface area is 197 Å². The smallest absolute Gasteiger partial charge is 0.0638 e. The van der Waals surface area contributed by atoms with Gasteiger partial charge in [-0.25, -0.2) is 0 Å². The quantitative estimate of drug-likeness (QED) is 0.541. The maximum absolute atomic E-state index is 6.54. The van der Waals surface area contributed by atoms with E-state index < -0.39 is 0 Å². The number of hydrogen-bond donors (Lipinski definition) is 1. The molecule has 0 spiro atoms. The van der Waals surface area contributed by atoms with Crippen LogP contribution in [-0.2, 0) is 0 Å². The lowest BCUT2D eigenvalue weighted by atomic mass is 9.96. The van der Waals surface area contributed by atoms with Crippen molar-refractivity contribution in [3.8, 4) is 0 Å². The average molecular weight is 458 g/mol. The Morgan fingerprint density at radius 2 is 1.90 bits per heavy atom. The monoisotopic (exact) mass is 457 g/mol. The average Bonchev–Trinajstić information content (AvgIpc) is 2.75. The van der Waals surface area contributed by atoms with Crippen molar-refractivity contribution in [1.29, 1.82) is 0 Å². The number of halogens is 2. The highest BCUT2D eigenvalue weighted by Crippen LogP contribution is 2.33. The molecule has 0 radical (unpaired) electrons. The number of aryl methyl sites for hydroxylation is 1. The Morgan fingerprint density at radius 1 is 1.06 bits per heavy atom. The lowest BCUT2D eigenvalue weighted by molar-refractivity contribution is 0.121. The first-order valence-corrected chi connectivity index (χ1v) is 12.1. The van der Waals surface area contributed by atoms with Crippen LogP contribution in [0.4, 0.5) is 5.69 Å². The summed E-state index contributed by atoms with van der Waals surface area (Å²) in [6.07, 6.45) is 6.12. The zero-order valence-electron chi connectivity index (χ0n) is 18.8. The summed E-state index contributed by atoms with van der Waals surface area (Å²) in [5.74, 6) is 0. The van der Waals surface area contributed by atoms with Gasteiger partial charge in [0.05, 0.1) is 16.8 Å². The van der Waals surface area contributed by atoms with Crippen LogP contribution in [0.1, 0.15) is 48.9 Å². The second-order valence-corrected chi connectivity index (χ2v) is 9.93. The maximum Gasteiger partial charge on any atom is 0.0638 e. The van der Waals surface area contributed by atoms with Crippen LogP contribution in [0.15, 0.2) is 42.5 Å². The number of rotatable bonds is 5. The number of likely N-dealkylation sites (N-methyl/N-ethyl adjacent to an activating group) is 1. The van der Waals surface area contributed by atoms with Gasteiger partial charge in [0.15, 0.2) is 0 Å². The summed E-state index contributed by atoms with van der Waals surface area (Å²) < 4.78 is 0. The molecule has 0 saturated carbocycles. The van der Waals surface area contributed by atoms with Gasteiger partial charge in [0.25, 0.3) is 0 Å². The summed E-state index contributed by atoms with van der Waals surface area (Å²) in [4.78, 5) is 5.11. The first kappa shape index (κ1) is 22.7. The largest absolute Gasteiger partial charge is 0.377 e. The Morgan fingerprint density at radius 3 is 2.61 bits per heavy atom. The molecule has 2 aliphatic rings. The second-order valence-electron chi connectivity index (χ2n) is 9.12. The molecule has 31 heavy (non-hydrogen) atoms. The van der Waals surface area contributed by atoms with Gasteiger partial charge in [-0.15, -0.1) is 0 Å². The highest BCUT2D eigenvalue weighted by molar-refractivity contribution is 6.33. The fourth-order valence-corrected chi connectivity index (χ4v) is 5.42. The summed E-state index contributed by atoms with van der Waals surface area (Å²) >= 11 is 13.0. The molecule has 166 valence electrons. The topological polar surface area (TPSA) is 18.5 Å². The van der Waals surface area contributed by atoms with E-state index in [-0.39, 0.29) is 6.04 Å². The Bertz CT molecular complexity index is 956. The van der Waals surface area contributed by atoms with Gasteiger partial charge < -0.3 is 10.2 Å². The molecular formula is C26H33Cl2N3. The Hall–Kier alpha value is -1.52. The minimum absolute atomic E-state index is 0.0694. The van der Waals surface area contributed by atoms with Crippen molar-refractivity contribution in [2.45, 2.75) is 45.2 Å². The lowest BCUT2D eigenvalue weighted by Gasteiger charge is -2.39. The lowest BCUT2D eigenvalue weighted by Crippen LogP contribution is -2.47. The van der Waals surface area contributed by atoms with E-state index in [9.17, 15) is 0 Å². The molecule has 4 rings (SSSR count). The number of hydrogen-bond acceptors (Lipinski definition) is 3. The molecule has 2 aliphatic heterocycles. The zero-order valence-corrected chi connectivity index (χ0v) is 20.3. The van der Waals surface area contributed by atoms with Crippen LogP contribution in [0.2, 0.25) is 10.0 Å². The highest BCUT2D eigenvalue weighted by Gasteiger charge is 2.25. The minimum Gasteiger partial charge on any atom is -0.377 e. The Balaban J connectivity index is 1.46. The summed E-state index contributed by atoms with van der Waals surface area (Å²) in [6.45, 7) is 8.77. The fraction of sp³-hybridized carbons (Fsp3) is 0.462. The van der Waals surface area contributed by atoms with Crippen molar-refractivity contribution in [3.63, 3.8) is 0 Å². The van der Waals surface area contributed by atoms with Gasteiger partial charge in [0, 0.05) is 30.7 Å².